The predicted octanol–water partition coefficient (Wildman–Crippen LogP) is 2.08. The van der Waals surface area contributed by atoms with Gasteiger partial charge in [0.2, 0.25) is 0 Å². The van der Waals surface area contributed by atoms with E-state index in [1.807, 2.05) is 31.2 Å². The molecule has 0 unspecified atom stereocenters. The van der Waals surface area contributed by atoms with Crippen molar-refractivity contribution in [1.82, 2.24) is 10.2 Å². The Morgan fingerprint density at radius 3 is 2.73 bits per heavy atom. The number of hydrogen-bond acceptors (Lipinski definition) is 2. The number of nitrogens with one attached hydrogen (secondary N) is 1. The minimum Gasteiger partial charge on any atom is -0.477 e. The van der Waals surface area contributed by atoms with Gasteiger partial charge in [0.1, 0.15) is 0 Å². The number of aryl methyl sites for hydroxylation is 1. The van der Waals surface area contributed by atoms with Crippen LogP contribution in [0.2, 0.25) is 0 Å². The summed E-state index contributed by atoms with van der Waals surface area (Å²) in [5.74, 6) is -0.995. The van der Waals surface area contributed by atoms with Crippen LogP contribution in [0.1, 0.15) is 16.1 Å². The smallest absolute Gasteiger partial charge is 0.354 e. The molecule has 0 fully saturated rings. The Bertz CT molecular complexity index is 503. The highest BCUT2D eigenvalue weighted by Gasteiger charge is 2.14. The van der Waals surface area contributed by atoms with Crippen LogP contribution in [0.25, 0.3) is 11.1 Å². The molecule has 4 heteroatoms. The zero-order valence-electron chi connectivity index (χ0n) is 8.19. The molecule has 2 rings (SSSR count). The number of H-pyrrole nitrogens is 1. The first-order valence-corrected chi connectivity index (χ1v) is 4.53. The van der Waals surface area contributed by atoms with Gasteiger partial charge in [0, 0.05) is 5.56 Å². The monoisotopic (exact) mass is 202 g/mol. The van der Waals surface area contributed by atoms with Crippen molar-refractivity contribution in [3.05, 3.63) is 41.7 Å². The van der Waals surface area contributed by atoms with Crippen molar-refractivity contribution in [2.24, 2.45) is 0 Å². The van der Waals surface area contributed by atoms with E-state index in [9.17, 15) is 4.79 Å². The van der Waals surface area contributed by atoms with E-state index in [1.165, 1.54) is 6.20 Å². The van der Waals surface area contributed by atoms with E-state index in [2.05, 4.69) is 10.2 Å². The summed E-state index contributed by atoms with van der Waals surface area (Å²) in [5, 5.41) is 15.2. The fourth-order valence-electron chi connectivity index (χ4n) is 1.53. The molecule has 1 aromatic heterocycles. The van der Waals surface area contributed by atoms with Crippen LogP contribution in [0.15, 0.2) is 30.5 Å². The molecule has 0 spiro atoms. The van der Waals surface area contributed by atoms with Gasteiger partial charge in [0.05, 0.1) is 6.20 Å². The fourth-order valence-corrected chi connectivity index (χ4v) is 1.53. The molecule has 0 aliphatic rings. The van der Waals surface area contributed by atoms with Gasteiger partial charge < -0.3 is 5.11 Å². The SMILES string of the molecule is Cc1ccccc1-c1cn[nH]c1C(=O)O. The average Bonchev–Trinajstić information content (AvgIpc) is 2.67. The quantitative estimate of drug-likeness (QED) is 0.783. The number of carbonyl (C=O) groups is 1. The molecule has 1 aromatic carbocycles. The molecule has 0 saturated carbocycles. The van der Waals surface area contributed by atoms with E-state index in [1.54, 1.807) is 0 Å². The summed E-state index contributed by atoms with van der Waals surface area (Å²) in [7, 11) is 0. The molecule has 2 aromatic rings. The summed E-state index contributed by atoms with van der Waals surface area (Å²) in [6.07, 6.45) is 1.53. The number of aromatic amines is 1. The Balaban J connectivity index is 2.59. The highest BCUT2D eigenvalue weighted by atomic mass is 16.4. The summed E-state index contributed by atoms with van der Waals surface area (Å²) >= 11 is 0. The second kappa shape index (κ2) is 3.57. The fraction of sp³-hybridized carbons (Fsp3) is 0.0909. The highest BCUT2D eigenvalue weighted by molar-refractivity contribution is 5.94. The zero-order chi connectivity index (χ0) is 10.8. The molecular formula is C11H10N2O2. The molecule has 0 atom stereocenters. The molecule has 76 valence electrons. The number of carboxylic acid groups (broad SMARTS) is 1. The summed E-state index contributed by atoms with van der Waals surface area (Å²) in [6.45, 7) is 1.94. The number of aromatic nitrogens is 2. The van der Waals surface area contributed by atoms with Crippen LogP contribution in [-0.4, -0.2) is 21.3 Å². The first kappa shape index (κ1) is 9.45. The van der Waals surface area contributed by atoms with E-state index in [0.717, 1.165) is 11.1 Å². The van der Waals surface area contributed by atoms with Crippen LogP contribution < -0.4 is 0 Å². The molecule has 0 aliphatic carbocycles. The van der Waals surface area contributed by atoms with Crippen LogP contribution in [0.3, 0.4) is 0 Å². The van der Waals surface area contributed by atoms with Crippen LogP contribution in [-0.2, 0) is 0 Å². The van der Waals surface area contributed by atoms with Crippen molar-refractivity contribution < 1.29 is 9.90 Å². The third-order valence-corrected chi connectivity index (χ3v) is 2.29. The van der Waals surface area contributed by atoms with Crippen molar-refractivity contribution in [3.8, 4) is 11.1 Å². The normalized spacial score (nSPS) is 10.2. The van der Waals surface area contributed by atoms with Crippen molar-refractivity contribution in [1.29, 1.82) is 0 Å². The Kier molecular flexibility index (Phi) is 2.25. The summed E-state index contributed by atoms with van der Waals surface area (Å²) in [4.78, 5) is 10.9. The molecule has 2 N–H and O–H groups in total. The highest BCUT2D eigenvalue weighted by Crippen LogP contribution is 2.24. The van der Waals surface area contributed by atoms with Gasteiger partial charge in [-0.2, -0.15) is 5.10 Å². The van der Waals surface area contributed by atoms with Gasteiger partial charge in [-0.25, -0.2) is 4.79 Å². The minimum absolute atomic E-state index is 0.129. The number of rotatable bonds is 2. The van der Waals surface area contributed by atoms with Gasteiger partial charge in [-0.05, 0) is 18.1 Å². The Hall–Kier alpha value is -2.10. The number of hydrogen-bond donors (Lipinski definition) is 2. The zero-order valence-corrected chi connectivity index (χ0v) is 8.19. The molecule has 15 heavy (non-hydrogen) atoms. The van der Waals surface area contributed by atoms with Crippen molar-refractivity contribution >= 4 is 5.97 Å². The summed E-state index contributed by atoms with van der Waals surface area (Å²) in [5.41, 5.74) is 2.68. The lowest BCUT2D eigenvalue weighted by atomic mass is 10.0. The minimum atomic E-state index is -0.995. The Labute approximate surface area is 86.6 Å². The molecule has 1 heterocycles. The first-order valence-electron chi connectivity index (χ1n) is 4.53. The third-order valence-electron chi connectivity index (χ3n) is 2.29. The summed E-state index contributed by atoms with van der Waals surface area (Å²) < 4.78 is 0. The van der Waals surface area contributed by atoms with E-state index < -0.39 is 5.97 Å². The largest absolute Gasteiger partial charge is 0.477 e. The molecule has 0 amide bonds. The molecule has 0 saturated heterocycles. The molecule has 0 aliphatic heterocycles. The second-order valence-corrected chi connectivity index (χ2v) is 3.28. The maximum atomic E-state index is 10.9. The van der Waals surface area contributed by atoms with Crippen LogP contribution in [0.5, 0.6) is 0 Å². The lowest BCUT2D eigenvalue weighted by Gasteiger charge is -2.03. The van der Waals surface area contributed by atoms with Crippen molar-refractivity contribution in [2.75, 3.05) is 0 Å². The topological polar surface area (TPSA) is 66.0 Å². The van der Waals surface area contributed by atoms with E-state index in [0.29, 0.717) is 5.56 Å². The number of aromatic carboxylic acids is 1. The lowest BCUT2D eigenvalue weighted by molar-refractivity contribution is 0.0691. The van der Waals surface area contributed by atoms with Gasteiger partial charge in [-0.15, -0.1) is 0 Å². The molecule has 4 nitrogen and oxygen atoms in total. The Morgan fingerprint density at radius 2 is 2.07 bits per heavy atom. The van der Waals surface area contributed by atoms with Gasteiger partial charge in [0.25, 0.3) is 0 Å². The van der Waals surface area contributed by atoms with Crippen LogP contribution in [0, 0.1) is 6.92 Å². The predicted molar refractivity (Wildman–Crippen MR) is 55.7 cm³/mol. The summed E-state index contributed by atoms with van der Waals surface area (Å²) in [6, 6.07) is 7.61. The number of carboxylic acids is 1. The number of nitrogens with zero attached hydrogens (tertiary/aromatic N) is 1. The van der Waals surface area contributed by atoms with Crippen LogP contribution >= 0.6 is 0 Å². The maximum absolute atomic E-state index is 10.9. The van der Waals surface area contributed by atoms with E-state index in [4.69, 9.17) is 5.11 Å². The van der Waals surface area contributed by atoms with E-state index >= 15 is 0 Å². The standard InChI is InChI=1S/C11H10N2O2/c1-7-4-2-3-5-8(7)9-6-12-13-10(9)11(14)15/h2-6H,1H3,(H,12,13)(H,14,15). The van der Waals surface area contributed by atoms with Gasteiger partial charge in [-0.3, -0.25) is 5.10 Å². The van der Waals surface area contributed by atoms with Crippen molar-refractivity contribution in [3.63, 3.8) is 0 Å². The molecule has 0 radical (unpaired) electrons. The van der Waals surface area contributed by atoms with Gasteiger partial charge >= 0.3 is 5.97 Å². The second-order valence-electron chi connectivity index (χ2n) is 3.28. The van der Waals surface area contributed by atoms with Crippen molar-refractivity contribution in [2.45, 2.75) is 6.92 Å². The van der Waals surface area contributed by atoms with Gasteiger partial charge in [-0.1, -0.05) is 24.3 Å². The van der Waals surface area contributed by atoms with Gasteiger partial charge in [0.15, 0.2) is 5.69 Å². The lowest BCUT2D eigenvalue weighted by Crippen LogP contribution is -1.99. The first-order chi connectivity index (χ1) is 7.20. The van der Waals surface area contributed by atoms with Crippen LogP contribution in [0.4, 0.5) is 0 Å². The number of benzene rings is 1. The Morgan fingerprint density at radius 1 is 1.33 bits per heavy atom. The average molecular weight is 202 g/mol. The van der Waals surface area contributed by atoms with E-state index in [-0.39, 0.29) is 5.69 Å². The maximum Gasteiger partial charge on any atom is 0.354 e. The molecule has 0 bridgehead atoms. The third kappa shape index (κ3) is 1.61. The molecular weight excluding hydrogens is 192 g/mol.